The van der Waals surface area contributed by atoms with Gasteiger partial charge in [-0.15, -0.1) is 10.2 Å². The first-order valence-corrected chi connectivity index (χ1v) is 5.38. The molecule has 0 aliphatic carbocycles. The van der Waals surface area contributed by atoms with Crippen molar-refractivity contribution in [2.24, 2.45) is 0 Å². The number of nitrogens with zero attached hydrogens (tertiary/aromatic N) is 5. The minimum atomic E-state index is 0.336. The molecule has 0 spiro atoms. The number of aromatic nitrogens is 5. The molecule has 1 aromatic carbocycles. The first-order valence-electron chi connectivity index (χ1n) is 5.38. The van der Waals surface area contributed by atoms with Crippen molar-refractivity contribution >= 4 is 5.82 Å². The second-order valence-electron chi connectivity index (χ2n) is 3.65. The SMILES string of the molecule is Nc1nccnc1-c1nncn1-c1ccccc1. The Morgan fingerprint density at radius 1 is 1.00 bits per heavy atom. The fraction of sp³-hybridized carbons (Fsp3) is 0. The van der Waals surface area contributed by atoms with Gasteiger partial charge in [0.1, 0.15) is 6.33 Å². The molecule has 0 saturated heterocycles. The molecule has 0 atom stereocenters. The number of rotatable bonds is 2. The molecular formula is C12H10N6. The van der Waals surface area contributed by atoms with Crippen molar-refractivity contribution in [1.82, 2.24) is 24.7 Å². The van der Waals surface area contributed by atoms with Gasteiger partial charge in [0, 0.05) is 18.1 Å². The van der Waals surface area contributed by atoms with Gasteiger partial charge in [-0.25, -0.2) is 9.97 Å². The van der Waals surface area contributed by atoms with Crippen molar-refractivity contribution < 1.29 is 0 Å². The Bertz CT molecular complexity index is 661. The van der Waals surface area contributed by atoms with Crippen molar-refractivity contribution in [2.75, 3.05) is 5.73 Å². The quantitative estimate of drug-likeness (QED) is 0.727. The Balaban J connectivity index is 2.16. The molecule has 0 aliphatic heterocycles. The van der Waals surface area contributed by atoms with Crippen LogP contribution in [0.5, 0.6) is 0 Å². The van der Waals surface area contributed by atoms with E-state index in [2.05, 4.69) is 20.2 Å². The van der Waals surface area contributed by atoms with Gasteiger partial charge in [0.25, 0.3) is 0 Å². The fourth-order valence-electron chi connectivity index (χ4n) is 1.70. The summed E-state index contributed by atoms with van der Waals surface area (Å²) in [5.74, 6) is 0.912. The molecule has 0 radical (unpaired) electrons. The molecule has 18 heavy (non-hydrogen) atoms. The minimum absolute atomic E-state index is 0.336. The molecule has 0 unspecified atom stereocenters. The molecule has 3 rings (SSSR count). The number of para-hydroxylation sites is 1. The van der Waals surface area contributed by atoms with Crippen LogP contribution in [0.2, 0.25) is 0 Å². The Morgan fingerprint density at radius 2 is 1.78 bits per heavy atom. The fourth-order valence-corrected chi connectivity index (χ4v) is 1.70. The van der Waals surface area contributed by atoms with Gasteiger partial charge in [0.15, 0.2) is 17.3 Å². The summed E-state index contributed by atoms with van der Waals surface area (Å²) in [5.41, 5.74) is 7.28. The van der Waals surface area contributed by atoms with Gasteiger partial charge in [-0.05, 0) is 12.1 Å². The van der Waals surface area contributed by atoms with Crippen LogP contribution in [0.15, 0.2) is 49.1 Å². The molecule has 6 heteroatoms. The predicted molar refractivity (Wildman–Crippen MR) is 66.8 cm³/mol. The van der Waals surface area contributed by atoms with Crippen molar-refractivity contribution in [3.63, 3.8) is 0 Å². The van der Waals surface area contributed by atoms with E-state index in [9.17, 15) is 0 Å². The van der Waals surface area contributed by atoms with Gasteiger partial charge in [-0.2, -0.15) is 0 Å². The first-order chi connectivity index (χ1) is 8.86. The topological polar surface area (TPSA) is 82.5 Å². The van der Waals surface area contributed by atoms with Crippen molar-refractivity contribution in [3.05, 3.63) is 49.1 Å². The van der Waals surface area contributed by atoms with Gasteiger partial charge < -0.3 is 5.73 Å². The highest BCUT2D eigenvalue weighted by Gasteiger charge is 2.13. The van der Waals surface area contributed by atoms with Crippen LogP contribution in [0, 0.1) is 0 Å². The lowest BCUT2D eigenvalue weighted by molar-refractivity contribution is 1.04. The van der Waals surface area contributed by atoms with Gasteiger partial charge in [0.2, 0.25) is 0 Å². The second kappa shape index (κ2) is 4.25. The third kappa shape index (κ3) is 1.69. The highest BCUT2D eigenvalue weighted by atomic mass is 15.3. The van der Waals surface area contributed by atoms with E-state index in [0.29, 0.717) is 17.3 Å². The van der Waals surface area contributed by atoms with E-state index in [1.54, 1.807) is 18.7 Å². The van der Waals surface area contributed by atoms with E-state index in [-0.39, 0.29) is 0 Å². The van der Waals surface area contributed by atoms with Gasteiger partial charge >= 0.3 is 0 Å². The lowest BCUT2D eigenvalue weighted by atomic mass is 10.3. The van der Waals surface area contributed by atoms with Gasteiger partial charge in [0.05, 0.1) is 0 Å². The standard InChI is InChI=1S/C12H10N6/c13-11-10(14-6-7-15-11)12-17-16-8-18(12)9-4-2-1-3-5-9/h1-8H,(H2,13,15). The third-order valence-electron chi connectivity index (χ3n) is 2.52. The molecule has 6 nitrogen and oxygen atoms in total. The number of nitrogen functional groups attached to an aromatic ring is 1. The molecule has 0 fully saturated rings. The Kier molecular flexibility index (Phi) is 2.45. The summed E-state index contributed by atoms with van der Waals surface area (Å²) in [7, 11) is 0. The lowest BCUT2D eigenvalue weighted by Crippen LogP contribution is -2.02. The Labute approximate surface area is 103 Å². The zero-order chi connectivity index (χ0) is 12.4. The average Bonchev–Trinajstić information content (AvgIpc) is 2.89. The van der Waals surface area contributed by atoms with Crippen LogP contribution in [0.4, 0.5) is 5.82 Å². The first kappa shape index (κ1) is 10.4. The largest absolute Gasteiger partial charge is 0.382 e. The molecule has 2 heterocycles. The normalized spacial score (nSPS) is 10.4. The van der Waals surface area contributed by atoms with Crippen LogP contribution >= 0.6 is 0 Å². The van der Waals surface area contributed by atoms with Crippen LogP contribution in [-0.2, 0) is 0 Å². The third-order valence-corrected chi connectivity index (χ3v) is 2.52. The molecule has 0 amide bonds. The van der Waals surface area contributed by atoms with Crippen molar-refractivity contribution in [2.45, 2.75) is 0 Å². The average molecular weight is 238 g/mol. The van der Waals surface area contributed by atoms with Crippen LogP contribution in [0.25, 0.3) is 17.2 Å². The maximum absolute atomic E-state index is 5.80. The molecule has 0 aliphatic rings. The van der Waals surface area contributed by atoms with Crippen molar-refractivity contribution in [1.29, 1.82) is 0 Å². The van der Waals surface area contributed by atoms with E-state index in [4.69, 9.17) is 5.73 Å². The molecule has 2 aromatic heterocycles. The number of anilines is 1. The highest BCUT2D eigenvalue weighted by molar-refractivity contribution is 5.64. The zero-order valence-electron chi connectivity index (χ0n) is 9.43. The predicted octanol–water partition coefficient (Wildman–Crippen LogP) is 1.31. The van der Waals surface area contributed by atoms with E-state index >= 15 is 0 Å². The Hall–Kier alpha value is -2.76. The number of nitrogens with two attached hydrogens (primary N) is 1. The Morgan fingerprint density at radius 3 is 2.56 bits per heavy atom. The van der Waals surface area contributed by atoms with Crippen LogP contribution < -0.4 is 5.73 Å². The molecule has 0 bridgehead atoms. The lowest BCUT2D eigenvalue weighted by Gasteiger charge is -2.06. The number of benzene rings is 1. The van der Waals surface area contributed by atoms with Gasteiger partial charge in [-0.1, -0.05) is 18.2 Å². The summed E-state index contributed by atoms with van der Waals surface area (Å²) in [5, 5.41) is 7.96. The molecule has 3 aromatic rings. The van der Waals surface area contributed by atoms with E-state index < -0.39 is 0 Å². The highest BCUT2D eigenvalue weighted by Crippen LogP contribution is 2.21. The second-order valence-corrected chi connectivity index (χ2v) is 3.65. The van der Waals surface area contributed by atoms with E-state index in [1.807, 2.05) is 34.9 Å². The molecule has 2 N–H and O–H groups in total. The summed E-state index contributed by atoms with van der Waals surface area (Å²) in [6.07, 6.45) is 4.75. The van der Waals surface area contributed by atoms with Crippen LogP contribution in [-0.4, -0.2) is 24.7 Å². The summed E-state index contributed by atoms with van der Waals surface area (Å²) >= 11 is 0. The van der Waals surface area contributed by atoms with E-state index in [1.165, 1.54) is 0 Å². The molecular weight excluding hydrogens is 228 g/mol. The monoisotopic (exact) mass is 238 g/mol. The summed E-state index contributed by atoms with van der Waals surface area (Å²) in [4.78, 5) is 8.20. The minimum Gasteiger partial charge on any atom is -0.382 e. The van der Waals surface area contributed by atoms with Crippen LogP contribution in [0.1, 0.15) is 0 Å². The summed E-state index contributed by atoms with van der Waals surface area (Å²) in [6, 6.07) is 9.75. The summed E-state index contributed by atoms with van der Waals surface area (Å²) in [6.45, 7) is 0. The van der Waals surface area contributed by atoms with Gasteiger partial charge in [-0.3, -0.25) is 4.57 Å². The smallest absolute Gasteiger partial charge is 0.190 e. The molecule has 88 valence electrons. The maximum Gasteiger partial charge on any atom is 0.190 e. The number of hydrogen-bond donors (Lipinski definition) is 1. The molecule has 0 saturated carbocycles. The number of hydrogen-bond acceptors (Lipinski definition) is 5. The van der Waals surface area contributed by atoms with Crippen molar-refractivity contribution in [3.8, 4) is 17.2 Å². The maximum atomic E-state index is 5.80. The zero-order valence-corrected chi connectivity index (χ0v) is 9.43. The summed E-state index contributed by atoms with van der Waals surface area (Å²) < 4.78 is 1.82. The van der Waals surface area contributed by atoms with E-state index in [0.717, 1.165) is 5.69 Å². The van der Waals surface area contributed by atoms with Crippen LogP contribution in [0.3, 0.4) is 0 Å².